The van der Waals surface area contributed by atoms with Crippen LogP contribution in [0.25, 0.3) is 0 Å². The highest BCUT2D eigenvalue weighted by molar-refractivity contribution is 7.91. The molecule has 138 valence electrons. The molecule has 1 unspecified atom stereocenters. The molecule has 0 saturated carbocycles. The Bertz CT molecular complexity index is 626. The number of piperidine rings is 1. The Morgan fingerprint density at radius 1 is 1.44 bits per heavy atom. The van der Waals surface area contributed by atoms with Crippen molar-refractivity contribution in [1.82, 2.24) is 9.88 Å². The largest absolute Gasteiger partial charge is 0.610 e. The van der Waals surface area contributed by atoms with Crippen LogP contribution >= 0.6 is 0 Å². The molecule has 1 aliphatic rings. The second-order valence-corrected chi connectivity index (χ2v) is 8.42. The van der Waals surface area contributed by atoms with E-state index in [1.54, 1.807) is 4.90 Å². The topological polar surface area (TPSA) is 109 Å². The smallest absolute Gasteiger partial charge is 0.410 e. The summed E-state index contributed by atoms with van der Waals surface area (Å²) in [6, 6.07) is 2.77. The van der Waals surface area contributed by atoms with Gasteiger partial charge in [-0.1, -0.05) is 0 Å². The van der Waals surface area contributed by atoms with Gasteiger partial charge in [-0.25, -0.2) is 9.78 Å². The molecule has 1 aliphatic heterocycles. The summed E-state index contributed by atoms with van der Waals surface area (Å²) in [7, 11) is 0. The van der Waals surface area contributed by atoms with Crippen LogP contribution in [0.5, 0.6) is 0 Å². The van der Waals surface area contributed by atoms with Gasteiger partial charge in [0.15, 0.2) is 0 Å². The molecule has 0 bridgehead atoms. The summed E-state index contributed by atoms with van der Waals surface area (Å²) in [5.41, 5.74) is -0.750. The second kappa shape index (κ2) is 8.01. The Hall–Kier alpha value is -1.87. The molecule has 1 atom stereocenters. The molecule has 1 fully saturated rings. The first-order chi connectivity index (χ1) is 11.7. The number of ether oxygens (including phenoxy) is 1. The van der Waals surface area contributed by atoms with Crippen molar-refractivity contribution >= 4 is 23.0 Å². The van der Waals surface area contributed by atoms with Crippen molar-refractivity contribution in [3.05, 3.63) is 28.4 Å². The lowest BCUT2D eigenvalue weighted by Gasteiger charge is -2.33. The van der Waals surface area contributed by atoms with Gasteiger partial charge in [-0.2, -0.15) is 0 Å². The molecule has 0 aliphatic carbocycles. The van der Waals surface area contributed by atoms with E-state index in [1.807, 2.05) is 20.8 Å². The number of carbonyl (C=O) groups is 1. The van der Waals surface area contributed by atoms with E-state index >= 15 is 0 Å². The predicted octanol–water partition coefficient (Wildman–Crippen LogP) is 2.74. The fourth-order valence-corrected chi connectivity index (χ4v) is 4.07. The summed E-state index contributed by atoms with van der Waals surface area (Å²) in [6.45, 7) is 6.52. The Morgan fingerprint density at radius 2 is 2.08 bits per heavy atom. The molecule has 8 nitrogen and oxygen atoms in total. The SMILES string of the molecule is CC(C)(C)OC(=O)N1CCC(C[S+]([O-])c2ncccc2[N+](=O)[O-])CC1. The van der Waals surface area contributed by atoms with E-state index in [1.165, 1.54) is 18.3 Å². The van der Waals surface area contributed by atoms with E-state index in [0.29, 0.717) is 31.7 Å². The summed E-state index contributed by atoms with van der Waals surface area (Å²) >= 11 is -1.54. The molecule has 0 aromatic carbocycles. The molecule has 1 saturated heterocycles. The fraction of sp³-hybridized carbons (Fsp3) is 0.625. The lowest BCUT2D eigenvalue weighted by Crippen LogP contribution is -2.42. The summed E-state index contributed by atoms with van der Waals surface area (Å²) in [5, 5.41) is 11.0. The molecular formula is C16H23N3O5S. The minimum atomic E-state index is -1.54. The van der Waals surface area contributed by atoms with Gasteiger partial charge < -0.3 is 14.2 Å². The van der Waals surface area contributed by atoms with Gasteiger partial charge in [0.25, 0.3) is 0 Å². The normalized spacial score (nSPS) is 17.2. The molecule has 25 heavy (non-hydrogen) atoms. The minimum absolute atomic E-state index is 0.0158. The maximum absolute atomic E-state index is 12.5. The zero-order valence-corrected chi connectivity index (χ0v) is 15.5. The van der Waals surface area contributed by atoms with Crippen molar-refractivity contribution in [2.45, 2.75) is 44.2 Å². The number of nitrogens with zero attached hydrogens (tertiary/aromatic N) is 3. The summed E-state index contributed by atoms with van der Waals surface area (Å²) < 4.78 is 17.8. The van der Waals surface area contributed by atoms with Gasteiger partial charge in [0, 0.05) is 42.4 Å². The first-order valence-electron chi connectivity index (χ1n) is 8.13. The Morgan fingerprint density at radius 3 is 2.64 bits per heavy atom. The van der Waals surface area contributed by atoms with E-state index in [0.717, 1.165) is 0 Å². The van der Waals surface area contributed by atoms with Gasteiger partial charge in [0.05, 0.1) is 4.92 Å². The quantitative estimate of drug-likeness (QED) is 0.459. The maximum Gasteiger partial charge on any atom is 0.410 e. The van der Waals surface area contributed by atoms with E-state index in [-0.39, 0.29) is 22.7 Å². The lowest BCUT2D eigenvalue weighted by molar-refractivity contribution is -0.388. The number of nitro groups is 1. The number of hydrogen-bond acceptors (Lipinski definition) is 6. The lowest BCUT2D eigenvalue weighted by atomic mass is 9.99. The first-order valence-corrected chi connectivity index (χ1v) is 9.45. The number of aromatic nitrogens is 1. The van der Waals surface area contributed by atoms with Crippen molar-refractivity contribution < 1.29 is 19.0 Å². The summed E-state index contributed by atoms with van der Waals surface area (Å²) in [4.78, 5) is 28.1. The van der Waals surface area contributed by atoms with Gasteiger partial charge in [-0.15, -0.1) is 0 Å². The van der Waals surface area contributed by atoms with Crippen molar-refractivity contribution in [2.75, 3.05) is 18.8 Å². The Kier molecular flexibility index (Phi) is 6.23. The summed E-state index contributed by atoms with van der Waals surface area (Å²) in [6.07, 6.45) is 2.44. The van der Waals surface area contributed by atoms with Crippen LogP contribution in [0.1, 0.15) is 33.6 Å². The molecule has 1 aromatic rings. The van der Waals surface area contributed by atoms with Gasteiger partial charge >= 0.3 is 16.8 Å². The third-order valence-corrected chi connectivity index (χ3v) is 5.34. The van der Waals surface area contributed by atoms with Crippen LogP contribution in [0.2, 0.25) is 0 Å². The highest BCUT2D eigenvalue weighted by Crippen LogP contribution is 2.27. The third kappa shape index (κ3) is 5.57. The molecule has 0 N–H and O–H groups in total. The van der Waals surface area contributed by atoms with Crippen molar-refractivity contribution in [1.29, 1.82) is 0 Å². The molecule has 1 amide bonds. The molecule has 0 radical (unpaired) electrons. The molecular weight excluding hydrogens is 346 g/mol. The van der Waals surface area contributed by atoms with Crippen molar-refractivity contribution in [3.8, 4) is 0 Å². The minimum Gasteiger partial charge on any atom is -0.610 e. The van der Waals surface area contributed by atoms with Crippen molar-refractivity contribution in [3.63, 3.8) is 0 Å². The van der Waals surface area contributed by atoms with E-state index < -0.39 is 21.7 Å². The highest BCUT2D eigenvalue weighted by atomic mass is 32.2. The van der Waals surface area contributed by atoms with E-state index in [2.05, 4.69) is 4.98 Å². The van der Waals surface area contributed by atoms with Crippen LogP contribution in [-0.2, 0) is 15.9 Å². The fourth-order valence-electron chi connectivity index (χ4n) is 2.60. The molecule has 2 rings (SSSR count). The number of carbonyl (C=O) groups excluding carboxylic acids is 1. The monoisotopic (exact) mass is 369 g/mol. The second-order valence-electron chi connectivity index (χ2n) is 7.01. The number of rotatable bonds is 4. The van der Waals surface area contributed by atoms with Gasteiger partial charge in [0.1, 0.15) is 11.4 Å². The Balaban J connectivity index is 1.90. The standard InChI is InChI=1S/C16H23N3O5S/c1-16(2,3)24-15(20)18-9-6-12(7-10-18)11-25(23)14-13(19(21)22)5-4-8-17-14/h4-5,8,12H,6-7,9-11H2,1-3H3. The van der Waals surface area contributed by atoms with Crippen LogP contribution in [0.4, 0.5) is 10.5 Å². The zero-order valence-electron chi connectivity index (χ0n) is 14.6. The predicted molar refractivity (Wildman–Crippen MR) is 92.7 cm³/mol. The maximum atomic E-state index is 12.5. The molecule has 1 aromatic heterocycles. The number of likely N-dealkylation sites (tertiary alicyclic amines) is 1. The van der Waals surface area contributed by atoms with Crippen LogP contribution < -0.4 is 0 Å². The van der Waals surface area contributed by atoms with E-state index in [4.69, 9.17) is 4.74 Å². The summed E-state index contributed by atoms with van der Waals surface area (Å²) in [5.74, 6) is 0.432. The van der Waals surface area contributed by atoms with Crippen LogP contribution in [0, 0.1) is 16.0 Å². The first kappa shape index (κ1) is 19.5. The average molecular weight is 369 g/mol. The van der Waals surface area contributed by atoms with Crippen molar-refractivity contribution in [2.24, 2.45) is 5.92 Å². The van der Waals surface area contributed by atoms with Crippen LogP contribution in [-0.4, -0.2) is 49.9 Å². The number of pyridine rings is 1. The number of amides is 1. The van der Waals surface area contributed by atoms with Crippen LogP contribution in [0.15, 0.2) is 23.4 Å². The molecule has 0 spiro atoms. The highest BCUT2D eigenvalue weighted by Gasteiger charge is 2.32. The van der Waals surface area contributed by atoms with Gasteiger partial charge in [-0.05, 0) is 39.7 Å². The third-order valence-electron chi connectivity index (χ3n) is 3.82. The zero-order chi connectivity index (χ0) is 18.6. The van der Waals surface area contributed by atoms with Gasteiger partial charge in [0.2, 0.25) is 0 Å². The molecule has 9 heteroatoms. The number of hydrogen-bond donors (Lipinski definition) is 0. The average Bonchev–Trinajstić information content (AvgIpc) is 2.53. The van der Waals surface area contributed by atoms with E-state index in [9.17, 15) is 19.5 Å². The Labute approximate surface area is 149 Å². The molecule has 2 heterocycles. The van der Waals surface area contributed by atoms with Gasteiger partial charge in [-0.3, -0.25) is 10.1 Å². The van der Waals surface area contributed by atoms with Crippen LogP contribution in [0.3, 0.4) is 0 Å².